The summed E-state index contributed by atoms with van der Waals surface area (Å²) in [6, 6.07) is 9.84. The van der Waals surface area contributed by atoms with Crippen molar-refractivity contribution in [2.75, 3.05) is 38.8 Å². The molecule has 0 N–H and O–H groups in total. The maximum absolute atomic E-state index is 13.1. The summed E-state index contributed by atoms with van der Waals surface area (Å²) in [4.78, 5) is 21.3. The zero-order valence-electron chi connectivity index (χ0n) is 15.9. The molecule has 0 radical (unpaired) electrons. The number of nitrogens with zero attached hydrogens (tertiary/aromatic N) is 3. The van der Waals surface area contributed by atoms with Gasteiger partial charge in [0.1, 0.15) is 5.82 Å². The van der Waals surface area contributed by atoms with Crippen molar-refractivity contribution in [1.29, 1.82) is 0 Å². The Bertz CT molecular complexity index is 820. The molecular formula is C21H25N3O3. The molecule has 1 unspecified atom stereocenters. The molecule has 6 heteroatoms. The second-order valence-electron chi connectivity index (χ2n) is 7.21. The van der Waals surface area contributed by atoms with Gasteiger partial charge in [0.05, 0.1) is 24.8 Å². The number of carbonyl (C=O) groups is 1. The third kappa shape index (κ3) is 3.56. The van der Waals surface area contributed by atoms with Crippen LogP contribution in [0.5, 0.6) is 11.5 Å². The highest BCUT2D eigenvalue weighted by molar-refractivity contribution is 5.94. The molecular weight excluding hydrogens is 342 g/mol. The molecule has 1 aromatic heterocycles. The van der Waals surface area contributed by atoms with E-state index in [0.717, 1.165) is 48.7 Å². The first kappa shape index (κ1) is 17.6. The topological polar surface area (TPSA) is 54.9 Å². The quantitative estimate of drug-likeness (QED) is 0.833. The van der Waals surface area contributed by atoms with E-state index in [1.54, 1.807) is 6.20 Å². The maximum Gasteiger partial charge on any atom is 0.255 e. The minimum Gasteiger partial charge on any atom is -0.490 e. The first-order valence-corrected chi connectivity index (χ1v) is 9.47. The monoisotopic (exact) mass is 367 g/mol. The van der Waals surface area contributed by atoms with Crippen LogP contribution >= 0.6 is 0 Å². The summed E-state index contributed by atoms with van der Waals surface area (Å²) in [5.41, 5.74) is 1.73. The van der Waals surface area contributed by atoms with Crippen LogP contribution in [0.1, 0.15) is 41.2 Å². The number of ether oxygens (including phenoxy) is 2. The molecule has 6 nitrogen and oxygen atoms in total. The molecule has 1 atom stereocenters. The van der Waals surface area contributed by atoms with E-state index in [-0.39, 0.29) is 11.9 Å². The molecule has 142 valence electrons. The van der Waals surface area contributed by atoms with Crippen molar-refractivity contribution in [3.05, 3.63) is 47.7 Å². The van der Waals surface area contributed by atoms with Crippen LogP contribution in [-0.2, 0) is 0 Å². The van der Waals surface area contributed by atoms with Gasteiger partial charge in [-0.3, -0.25) is 4.79 Å². The van der Waals surface area contributed by atoms with Crippen LogP contribution in [0, 0.1) is 0 Å². The van der Waals surface area contributed by atoms with E-state index in [9.17, 15) is 4.79 Å². The summed E-state index contributed by atoms with van der Waals surface area (Å²) < 4.78 is 11.5. The van der Waals surface area contributed by atoms with E-state index in [2.05, 4.69) is 11.1 Å². The predicted octanol–water partition coefficient (Wildman–Crippen LogP) is 3.29. The molecule has 1 fully saturated rings. The number of aromatic nitrogens is 1. The number of hydrogen-bond donors (Lipinski definition) is 0. The highest BCUT2D eigenvalue weighted by Crippen LogP contribution is 2.38. The van der Waals surface area contributed by atoms with E-state index in [0.29, 0.717) is 18.8 Å². The van der Waals surface area contributed by atoms with Crippen molar-refractivity contribution in [2.24, 2.45) is 0 Å². The van der Waals surface area contributed by atoms with Crippen molar-refractivity contribution in [1.82, 2.24) is 9.88 Å². The van der Waals surface area contributed by atoms with Crippen LogP contribution < -0.4 is 14.4 Å². The number of carbonyl (C=O) groups excluding carboxylic acids is 1. The normalized spacial score (nSPS) is 18.9. The standard InChI is InChI=1S/C21H25N3O3/c1-23(2)20-9-7-16(14-22-20)21(25)24-10-3-5-17(24)15-6-8-18-19(13-15)27-12-4-11-26-18/h6-9,13-14,17H,3-5,10-12H2,1-2H3. The Labute approximate surface area is 159 Å². The summed E-state index contributed by atoms with van der Waals surface area (Å²) in [7, 11) is 3.87. The van der Waals surface area contributed by atoms with Crippen LogP contribution in [0.4, 0.5) is 5.82 Å². The average Bonchev–Trinajstić information content (AvgIpc) is 3.06. The van der Waals surface area contributed by atoms with Gasteiger partial charge in [-0.05, 0) is 42.7 Å². The lowest BCUT2D eigenvalue weighted by Gasteiger charge is -2.26. The number of likely N-dealkylation sites (tertiary alicyclic amines) is 1. The summed E-state index contributed by atoms with van der Waals surface area (Å²) in [5.74, 6) is 2.44. The number of benzene rings is 1. The number of fused-ring (bicyclic) bond motifs is 1. The van der Waals surface area contributed by atoms with E-state index in [1.807, 2.05) is 48.2 Å². The largest absolute Gasteiger partial charge is 0.490 e. The first-order valence-electron chi connectivity index (χ1n) is 9.47. The Morgan fingerprint density at radius 1 is 1.11 bits per heavy atom. The number of rotatable bonds is 3. The predicted molar refractivity (Wildman–Crippen MR) is 104 cm³/mol. The van der Waals surface area contributed by atoms with Crippen molar-refractivity contribution >= 4 is 11.7 Å². The van der Waals surface area contributed by atoms with Crippen molar-refractivity contribution in [3.8, 4) is 11.5 Å². The molecule has 4 rings (SSSR count). The molecule has 0 aliphatic carbocycles. The van der Waals surface area contributed by atoms with E-state index in [4.69, 9.17) is 9.47 Å². The Balaban J connectivity index is 1.57. The highest BCUT2D eigenvalue weighted by Gasteiger charge is 2.31. The van der Waals surface area contributed by atoms with Gasteiger partial charge in [0.15, 0.2) is 11.5 Å². The van der Waals surface area contributed by atoms with Crippen LogP contribution in [-0.4, -0.2) is 49.6 Å². The molecule has 3 heterocycles. The van der Waals surface area contributed by atoms with Crippen LogP contribution in [0.15, 0.2) is 36.5 Å². The van der Waals surface area contributed by atoms with Gasteiger partial charge < -0.3 is 19.3 Å². The molecule has 0 saturated carbocycles. The second kappa shape index (κ2) is 7.47. The van der Waals surface area contributed by atoms with Gasteiger partial charge in [-0.25, -0.2) is 4.98 Å². The fourth-order valence-corrected chi connectivity index (χ4v) is 3.69. The van der Waals surface area contributed by atoms with Crippen molar-refractivity contribution < 1.29 is 14.3 Å². The molecule has 0 bridgehead atoms. The minimum atomic E-state index is 0.0300. The molecule has 1 saturated heterocycles. The second-order valence-corrected chi connectivity index (χ2v) is 7.21. The molecule has 27 heavy (non-hydrogen) atoms. The lowest BCUT2D eigenvalue weighted by Crippen LogP contribution is -2.30. The summed E-state index contributed by atoms with van der Waals surface area (Å²) in [5, 5.41) is 0. The summed E-state index contributed by atoms with van der Waals surface area (Å²) in [6.07, 6.45) is 4.50. The van der Waals surface area contributed by atoms with E-state index < -0.39 is 0 Å². The summed E-state index contributed by atoms with van der Waals surface area (Å²) >= 11 is 0. The van der Waals surface area contributed by atoms with Gasteiger partial charge in [0.25, 0.3) is 5.91 Å². The van der Waals surface area contributed by atoms with Gasteiger partial charge >= 0.3 is 0 Å². The molecule has 2 aliphatic heterocycles. The Hall–Kier alpha value is -2.76. The van der Waals surface area contributed by atoms with Crippen LogP contribution in [0.25, 0.3) is 0 Å². The number of anilines is 1. The van der Waals surface area contributed by atoms with Gasteiger partial charge in [-0.2, -0.15) is 0 Å². The highest BCUT2D eigenvalue weighted by atomic mass is 16.5. The third-order valence-corrected chi connectivity index (χ3v) is 5.12. The number of pyridine rings is 1. The fraction of sp³-hybridized carbons (Fsp3) is 0.429. The Morgan fingerprint density at radius 2 is 1.93 bits per heavy atom. The number of amides is 1. The van der Waals surface area contributed by atoms with Crippen molar-refractivity contribution in [3.63, 3.8) is 0 Å². The lowest BCUT2D eigenvalue weighted by atomic mass is 10.0. The Morgan fingerprint density at radius 3 is 2.67 bits per heavy atom. The van der Waals surface area contributed by atoms with Gasteiger partial charge in [-0.15, -0.1) is 0 Å². The first-order chi connectivity index (χ1) is 13.1. The minimum absolute atomic E-state index is 0.0300. The zero-order valence-corrected chi connectivity index (χ0v) is 15.9. The maximum atomic E-state index is 13.1. The third-order valence-electron chi connectivity index (χ3n) is 5.12. The van der Waals surface area contributed by atoms with E-state index >= 15 is 0 Å². The van der Waals surface area contributed by atoms with Gasteiger partial charge in [0, 0.05) is 33.3 Å². The van der Waals surface area contributed by atoms with Gasteiger partial charge in [0.2, 0.25) is 0 Å². The molecule has 1 amide bonds. The van der Waals surface area contributed by atoms with Gasteiger partial charge in [-0.1, -0.05) is 6.07 Å². The molecule has 2 aromatic rings. The number of hydrogen-bond acceptors (Lipinski definition) is 5. The fourth-order valence-electron chi connectivity index (χ4n) is 3.69. The van der Waals surface area contributed by atoms with E-state index in [1.165, 1.54) is 0 Å². The van der Waals surface area contributed by atoms with Crippen LogP contribution in [0.3, 0.4) is 0 Å². The molecule has 2 aliphatic rings. The lowest BCUT2D eigenvalue weighted by molar-refractivity contribution is 0.0735. The molecule has 1 aromatic carbocycles. The Kier molecular flexibility index (Phi) is 4.88. The SMILES string of the molecule is CN(C)c1ccc(C(=O)N2CCCC2c2ccc3c(c2)OCCCO3)cn1. The zero-order chi connectivity index (χ0) is 18.8. The molecule has 0 spiro atoms. The van der Waals surface area contributed by atoms with Crippen LogP contribution in [0.2, 0.25) is 0 Å². The smallest absolute Gasteiger partial charge is 0.255 e. The van der Waals surface area contributed by atoms with Crippen molar-refractivity contribution in [2.45, 2.75) is 25.3 Å². The summed E-state index contributed by atoms with van der Waals surface area (Å²) in [6.45, 7) is 2.09. The average molecular weight is 367 g/mol.